The van der Waals surface area contributed by atoms with Crippen molar-refractivity contribution in [1.29, 1.82) is 0 Å². The standard InChI is InChI=1S/C64H117N5O30/c1-42(73)67-51-57(82)54(79)46(38-70)97-60(51)94-34-31-91-28-25-88-22-19-85-16-8-9-45(76)11-13-64(41-63(4,5)6,37-50(78)66-15-18-87-21-24-90-27-30-93-33-36-96-62-53(69-44(3)75)59(84)56(81)48(40-72)99-62)12-7-10-49(77)65-14-17-86-20-23-89-26-29-92-32-35-95-61-52(68-43(2)74)58(83)55(80)47(39-71)98-61/h46-48,51-62,70-72,79-84H,7-41H2,1-6H3,(H,65,77)(H,66,78)(H,67,73)(H,68,74)(H,69,75). The summed E-state index contributed by atoms with van der Waals surface area (Å²) in [6.45, 7) is 12.9. The Bertz CT molecular complexity index is 2210. The van der Waals surface area contributed by atoms with Crippen molar-refractivity contribution in [2.45, 2.75) is 191 Å². The van der Waals surface area contributed by atoms with Crippen molar-refractivity contribution < 1.29 is 146 Å². The normalized spacial score (nSPS) is 26.3. The minimum atomic E-state index is -1.43. The van der Waals surface area contributed by atoms with E-state index in [1.807, 2.05) is 0 Å². The molecule has 0 aliphatic carbocycles. The maximum Gasteiger partial charge on any atom is 0.220 e. The predicted octanol–water partition coefficient (Wildman–Crippen LogP) is -4.64. The number of aliphatic hydroxyl groups is 9. The molecule has 0 saturated carbocycles. The van der Waals surface area contributed by atoms with Gasteiger partial charge in [-0.2, -0.15) is 0 Å². The Balaban J connectivity index is 1.38. The van der Waals surface area contributed by atoms with E-state index in [0.29, 0.717) is 38.7 Å². The monoisotopic (exact) mass is 1440 g/mol. The number of ketones is 1. The lowest BCUT2D eigenvalue weighted by Gasteiger charge is -2.42. The molecule has 3 heterocycles. The molecule has 0 aromatic carbocycles. The van der Waals surface area contributed by atoms with Crippen LogP contribution in [0.5, 0.6) is 0 Å². The molecule has 3 saturated heterocycles. The first-order chi connectivity index (χ1) is 47.3. The van der Waals surface area contributed by atoms with Crippen molar-refractivity contribution in [3.05, 3.63) is 0 Å². The summed E-state index contributed by atoms with van der Waals surface area (Å²) in [5.74, 6) is -1.79. The highest BCUT2D eigenvalue weighted by Crippen LogP contribution is 2.44. The third-order valence-electron chi connectivity index (χ3n) is 15.9. The van der Waals surface area contributed by atoms with E-state index in [0.717, 1.165) is 0 Å². The molecule has 35 nitrogen and oxygen atoms in total. The molecule has 3 aliphatic heterocycles. The molecule has 99 heavy (non-hydrogen) atoms. The number of nitrogens with one attached hydrogen (secondary N) is 5. The average Bonchev–Trinajstić information content (AvgIpc) is 0.834. The summed E-state index contributed by atoms with van der Waals surface area (Å²) in [5, 5.41) is 104. The maximum absolute atomic E-state index is 13.8. The van der Waals surface area contributed by atoms with E-state index in [1.54, 1.807) is 0 Å². The zero-order valence-corrected chi connectivity index (χ0v) is 58.5. The largest absolute Gasteiger partial charge is 0.394 e. The second kappa shape index (κ2) is 51.3. The summed E-state index contributed by atoms with van der Waals surface area (Å²) in [4.78, 5) is 75.3. The van der Waals surface area contributed by atoms with Crippen LogP contribution in [0.4, 0.5) is 0 Å². The Morgan fingerprint density at radius 2 is 0.687 bits per heavy atom. The van der Waals surface area contributed by atoms with Gasteiger partial charge in [-0.3, -0.25) is 28.8 Å². The van der Waals surface area contributed by atoms with Gasteiger partial charge in [0.05, 0.1) is 152 Å². The Labute approximate surface area is 579 Å². The van der Waals surface area contributed by atoms with Gasteiger partial charge in [0.2, 0.25) is 29.5 Å². The molecule has 35 heteroatoms. The van der Waals surface area contributed by atoms with E-state index in [-0.39, 0.29) is 194 Å². The second-order valence-electron chi connectivity index (χ2n) is 25.5. The van der Waals surface area contributed by atoms with Gasteiger partial charge in [-0.15, -0.1) is 0 Å². The van der Waals surface area contributed by atoms with Gasteiger partial charge in [-0.1, -0.05) is 20.8 Å². The number of hydrogen-bond donors (Lipinski definition) is 14. The Morgan fingerprint density at radius 3 is 1.01 bits per heavy atom. The molecule has 16 unspecified atom stereocenters. The lowest BCUT2D eigenvalue weighted by molar-refractivity contribution is -0.272. The smallest absolute Gasteiger partial charge is 0.220 e. The summed E-state index contributed by atoms with van der Waals surface area (Å²) in [6.07, 6.45) is -12.0. The van der Waals surface area contributed by atoms with E-state index < -0.39 is 135 Å². The predicted molar refractivity (Wildman–Crippen MR) is 346 cm³/mol. The maximum atomic E-state index is 13.8. The molecule has 578 valence electrons. The van der Waals surface area contributed by atoms with Crippen molar-refractivity contribution in [1.82, 2.24) is 26.6 Å². The molecule has 5 amide bonds. The molecule has 0 aromatic rings. The fourth-order valence-electron chi connectivity index (χ4n) is 11.3. The van der Waals surface area contributed by atoms with E-state index in [9.17, 15) is 74.7 Å². The number of carbonyl (C=O) groups excluding carboxylic acids is 6. The average molecular weight is 1440 g/mol. The molecule has 16 atom stereocenters. The number of carbonyl (C=O) groups is 6. The first-order valence-corrected chi connectivity index (χ1v) is 34.1. The van der Waals surface area contributed by atoms with E-state index in [2.05, 4.69) is 47.4 Å². The third-order valence-corrected chi connectivity index (χ3v) is 15.9. The number of rotatable bonds is 56. The molecule has 0 aromatic heterocycles. The van der Waals surface area contributed by atoms with Crippen LogP contribution in [0, 0.1) is 10.8 Å². The number of aliphatic hydroxyl groups excluding tert-OH is 9. The van der Waals surface area contributed by atoms with E-state index >= 15 is 0 Å². The van der Waals surface area contributed by atoms with Gasteiger partial charge in [0, 0.05) is 66.2 Å². The van der Waals surface area contributed by atoms with Gasteiger partial charge >= 0.3 is 0 Å². The van der Waals surface area contributed by atoms with Gasteiger partial charge in [-0.25, -0.2) is 0 Å². The first-order valence-electron chi connectivity index (χ1n) is 34.1. The zero-order valence-electron chi connectivity index (χ0n) is 58.5. The second-order valence-corrected chi connectivity index (χ2v) is 25.5. The van der Waals surface area contributed by atoms with Crippen molar-refractivity contribution in [2.75, 3.05) is 172 Å². The minimum absolute atomic E-state index is 0.0158. The Kier molecular flexibility index (Phi) is 46.2. The van der Waals surface area contributed by atoms with Crippen LogP contribution in [-0.4, -0.2) is 345 Å². The van der Waals surface area contributed by atoms with Gasteiger partial charge in [0.25, 0.3) is 0 Å². The zero-order chi connectivity index (χ0) is 73.0. The molecule has 14 N–H and O–H groups in total. The summed E-state index contributed by atoms with van der Waals surface area (Å²) in [6, 6.07) is -3.18. The number of ether oxygens (including phenoxy) is 15. The van der Waals surface area contributed by atoms with Crippen LogP contribution < -0.4 is 26.6 Å². The highest BCUT2D eigenvalue weighted by Gasteiger charge is 2.48. The Hall–Kier alpha value is -3.94. The number of amides is 5. The van der Waals surface area contributed by atoms with Crippen LogP contribution in [0.3, 0.4) is 0 Å². The van der Waals surface area contributed by atoms with Gasteiger partial charge < -0.3 is 144 Å². The summed E-state index contributed by atoms with van der Waals surface area (Å²) in [5.41, 5.74) is -0.888. The van der Waals surface area contributed by atoms with Crippen molar-refractivity contribution in [2.24, 2.45) is 10.8 Å². The van der Waals surface area contributed by atoms with Crippen molar-refractivity contribution in [3.63, 3.8) is 0 Å². The Morgan fingerprint density at radius 1 is 0.374 bits per heavy atom. The molecule has 3 rings (SSSR count). The minimum Gasteiger partial charge on any atom is -0.394 e. The first kappa shape index (κ1) is 89.3. The van der Waals surface area contributed by atoms with Crippen LogP contribution >= 0.6 is 0 Å². The highest BCUT2D eigenvalue weighted by atomic mass is 16.7. The van der Waals surface area contributed by atoms with Gasteiger partial charge in [0.1, 0.15) is 78.8 Å². The number of Topliss-reactive ketones (excluding diaryl/α,β-unsaturated/α-hetero) is 1. The topological polar surface area (TPSA) is 483 Å². The summed E-state index contributed by atoms with van der Waals surface area (Å²) < 4.78 is 83.9. The number of hydrogen-bond acceptors (Lipinski definition) is 30. The molecule has 3 aliphatic rings. The fraction of sp³-hybridized carbons (Fsp3) is 0.906. The molecule has 3 fully saturated rings. The van der Waals surface area contributed by atoms with E-state index in [4.69, 9.17) is 71.1 Å². The van der Waals surface area contributed by atoms with Gasteiger partial charge in [0.15, 0.2) is 18.9 Å². The van der Waals surface area contributed by atoms with E-state index in [1.165, 1.54) is 20.8 Å². The lowest BCUT2D eigenvalue weighted by atomic mass is 9.66. The van der Waals surface area contributed by atoms with Crippen LogP contribution in [0.15, 0.2) is 0 Å². The molecule has 0 bridgehead atoms. The highest BCUT2D eigenvalue weighted by molar-refractivity contribution is 5.79. The van der Waals surface area contributed by atoms with Gasteiger partial charge in [-0.05, 0) is 42.9 Å². The molecular weight excluding hydrogens is 1320 g/mol. The van der Waals surface area contributed by atoms with Crippen LogP contribution in [-0.2, 0) is 99.8 Å². The summed E-state index contributed by atoms with van der Waals surface area (Å²) in [7, 11) is 0. The molecule has 0 radical (unpaired) electrons. The third kappa shape index (κ3) is 37.4. The van der Waals surface area contributed by atoms with Crippen LogP contribution in [0.2, 0.25) is 0 Å². The molecule has 0 spiro atoms. The van der Waals surface area contributed by atoms with Crippen LogP contribution in [0.25, 0.3) is 0 Å². The lowest BCUT2D eigenvalue weighted by Crippen LogP contribution is -2.64. The van der Waals surface area contributed by atoms with Crippen molar-refractivity contribution in [3.8, 4) is 0 Å². The summed E-state index contributed by atoms with van der Waals surface area (Å²) >= 11 is 0. The SMILES string of the molecule is CC(=O)NC1C(OCCOCCOCCOCCCC(=O)CCC(CCCC(=O)NCCOCCOCCOCCOC2OC(CO)C(O)C(O)C2NC(C)=O)(CC(=O)NCCOCCOCCOCCOC2OC(CO)C(O)C(O)C2NC(C)=O)CC(C)(C)C)OC(CO)C(O)C1O. The van der Waals surface area contributed by atoms with Crippen molar-refractivity contribution >= 4 is 35.3 Å². The quantitative estimate of drug-likeness (QED) is 0.0255. The fourth-order valence-corrected chi connectivity index (χ4v) is 11.3. The van der Waals surface area contributed by atoms with Crippen LogP contribution in [0.1, 0.15) is 99.3 Å². The molecular formula is C64H117N5O30.